The lowest BCUT2D eigenvalue weighted by Crippen LogP contribution is -2.46. The lowest BCUT2D eigenvalue weighted by Gasteiger charge is -2.36. The van der Waals surface area contributed by atoms with Gasteiger partial charge in [-0.15, -0.1) is 0 Å². The van der Waals surface area contributed by atoms with Crippen molar-refractivity contribution in [2.24, 2.45) is 11.7 Å². The summed E-state index contributed by atoms with van der Waals surface area (Å²) in [6.07, 6.45) is 7.96. The van der Waals surface area contributed by atoms with E-state index in [9.17, 15) is 0 Å². The summed E-state index contributed by atoms with van der Waals surface area (Å²) in [6.45, 7) is 3.19. The molecular formula is C30H30N2. The van der Waals surface area contributed by atoms with Crippen LogP contribution in [0.25, 0.3) is 17.7 Å². The van der Waals surface area contributed by atoms with E-state index in [0.29, 0.717) is 0 Å². The first kappa shape index (κ1) is 19.7. The molecule has 160 valence electrons. The van der Waals surface area contributed by atoms with Crippen LogP contribution in [0.1, 0.15) is 39.8 Å². The summed E-state index contributed by atoms with van der Waals surface area (Å²) in [6, 6.07) is 26.5. The third kappa shape index (κ3) is 3.54. The molecule has 0 spiro atoms. The van der Waals surface area contributed by atoms with E-state index in [1.54, 1.807) is 11.1 Å². The van der Waals surface area contributed by atoms with Gasteiger partial charge in [0.2, 0.25) is 0 Å². The van der Waals surface area contributed by atoms with Crippen LogP contribution in [0.4, 0.5) is 0 Å². The number of likely N-dealkylation sites (tertiary alicyclic amines) is 1. The van der Waals surface area contributed by atoms with Crippen LogP contribution < -0.4 is 5.73 Å². The van der Waals surface area contributed by atoms with Crippen LogP contribution in [-0.2, 0) is 12.8 Å². The summed E-state index contributed by atoms with van der Waals surface area (Å²) in [5.74, 6) is 0.720. The number of hydrogen-bond acceptors (Lipinski definition) is 2. The fourth-order valence-corrected chi connectivity index (χ4v) is 5.97. The normalized spacial score (nSPS) is 20.6. The lowest BCUT2D eigenvalue weighted by molar-refractivity contribution is 0.208. The van der Waals surface area contributed by atoms with Crippen molar-refractivity contribution in [1.29, 1.82) is 0 Å². The maximum absolute atomic E-state index is 6.90. The maximum Gasteiger partial charge on any atom is 0.0393 e. The summed E-state index contributed by atoms with van der Waals surface area (Å²) in [5, 5.41) is 0. The standard InChI is InChI=1S/C30H30N2/c31-29-20-32(19-21-17-24-9-1-2-10-25(24)18-21)16-15-28(29)30-26-11-5-3-7-22(26)13-14-23-8-4-6-12-27(23)30/h1-14,21,29H,15-20,31H2. The van der Waals surface area contributed by atoms with Gasteiger partial charge in [-0.25, -0.2) is 0 Å². The van der Waals surface area contributed by atoms with Crippen molar-refractivity contribution in [1.82, 2.24) is 4.90 Å². The van der Waals surface area contributed by atoms with Gasteiger partial charge in [-0.05, 0) is 69.7 Å². The molecule has 1 aliphatic heterocycles. The molecule has 6 rings (SSSR count). The molecule has 0 radical (unpaired) electrons. The van der Waals surface area contributed by atoms with Gasteiger partial charge in [0.1, 0.15) is 0 Å². The van der Waals surface area contributed by atoms with E-state index in [2.05, 4.69) is 89.8 Å². The minimum Gasteiger partial charge on any atom is -0.323 e. The second kappa shape index (κ2) is 8.20. The average Bonchev–Trinajstić information content (AvgIpc) is 3.15. The molecule has 2 aliphatic carbocycles. The molecule has 1 heterocycles. The zero-order chi connectivity index (χ0) is 21.5. The van der Waals surface area contributed by atoms with E-state index in [0.717, 1.165) is 32.0 Å². The third-order valence-corrected chi connectivity index (χ3v) is 7.48. The fourth-order valence-electron chi connectivity index (χ4n) is 5.97. The molecule has 2 heteroatoms. The van der Waals surface area contributed by atoms with Crippen LogP contribution in [0.2, 0.25) is 0 Å². The van der Waals surface area contributed by atoms with Crippen LogP contribution in [0, 0.1) is 5.92 Å². The Morgan fingerprint density at radius 2 is 1.31 bits per heavy atom. The Morgan fingerprint density at radius 3 is 1.91 bits per heavy atom. The topological polar surface area (TPSA) is 29.3 Å². The monoisotopic (exact) mass is 418 g/mol. The van der Waals surface area contributed by atoms with Crippen molar-refractivity contribution in [2.45, 2.75) is 25.3 Å². The summed E-state index contributed by atoms with van der Waals surface area (Å²) >= 11 is 0. The molecule has 3 aliphatic rings. The zero-order valence-corrected chi connectivity index (χ0v) is 18.5. The van der Waals surface area contributed by atoms with Gasteiger partial charge in [0, 0.05) is 25.7 Å². The number of nitrogens with zero attached hydrogens (tertiary/aromatic N) is 1. The predicted molar refractivity (Wildman–Crippen MR) is 134 cm³/mol. The molecule has 2 nitrogen and oxygen atoms in total. The molecule has 0 bridgehead atoms. The fraction of sp³-hybridized carbons (Fsp3) is 0.267. The lowest BCUT2D eigenvalue weighted by atomic mass is 9.84. The number of piperidine rings is 1. The van der Waals surface area contributed by atoms with Crippen LogP contribution in [0.3, 0.4) is 0 Å². The largest absolute Gasteiger partial charge is 0.323 e. The second-order valence-corrected chi connectivity index (χ2v) is 9.57. The molecule has 1 saturated heterocycles. The van der Waals surface area contributed by atoms with Gasteiger partial charge in [-0.2, -0.15) is 0 Å². The molecule has 3 aromatic rings. The SMILES string of the molecule is NC1CN(CC2Cc3ccccc3C2)CCC1=C1c2ccccc2C=Cc2ccccc21. The first-order valence-corrected chi connectivity index (χ1v) is 11.9. The first-order chi connectivity index (χ1) is 15.8. The number of nitrogens with two attached hydrogens (primary N) is 1. The Balaban J connectivity index is 1.29. The molecule has 0 saturated carbocycles. The smallest absolute Gasteiger partial charge is 0.0393 e. The van der Waals surface area contributed by atoms with Crippen molar-refractivity contribution in [3.8, 4) is 0 Å². The molecule has 1 atom stereocenters. The highest BCUT2D eigenvalue weighted by Gasteiger charge is 2.30. The highest BCUT2D eigenvalue weighted by molar-refractivity contribution is 5.95. The summed E-state index contributed by atoms with van der Waals surface area (Å²) in [4.78, 5) is 2.61. The van der Waals surface area contributed by atoms with E-state index < -0.39 is 0 Å². The van der Waals surface area contributed by atoms with E-state index in [4.69, 9.17) is 5.73 Å². The van der Waals surface area contributed by atoms with E-state index in [-0.39, 0.29) is 6.04 Å². The van der Waals surface area contributed by atoms with Gasteiger partial charge < -0.3 is 10.6 Å². The number of rotatable bonds is 2. The Kier molecular flexibility index (Phi) is 5.05. The highest BCUT2D eigenvalue weighted by Crippen LogP contribution is 2.38. The molecule has 3 aromatic carbocycles. The average molecular weight is 419 g/mol. The van der Waals surface area contributed by atoms with E-state index >= 15 is 0 Å². The summed E-state index contributed by atoms with van der Waals surface area (Å²) in [7, 11) is 0. The minimum absolute atomic E-state index is 0.0711. The van der Waals surface area contributed by atoms with Gasteiger partial charge in [0.25, 0.3) is 0 Å². The summed E-state index contributed by atoms with van der Waals surface area (Å²) in [5.41, 5.74) is 18.0. The van der Waals surface area contributed by atoms with Crippen molar-refractivity contribution >= 4 is 17.7 Å². The van der Waals surface area contributed by atoms with Gasteiger partial charge >= 0.3 is 0 Å². The van der Waals surface area contributed by atoms with Gasteiger partial charge in [-0.1, -0.05) is 84.9 Å². The number of benzene rings is 3. The molecule has 2 N–H and O–H groups in total. The summed E-state index contributed by atoms with van der Waals surface area (Å²) < 4.78 is 0. The van der Waals surface area contributed by atoms with E-state index in [1.165, 1.54) is 46.2 Å². The molecule has 1 unspecified atom stereocenters. The van der Waals surface area contributed by atoms with Crippen molar-refractivity contribution in [3.05, 3.63) is 112 Å². The van der Waals surface area contributed by atoms with Crippen molar-refractivity contribution < 1.29 is 0 Å². The Hall–Kier alpha value is -2.94. The second-order valence-electron chi connectivity index (χ2n) is 9.57. The Bertz CT molecular complexity index is 1140. The number of hydrogen-bond donors (Lipinski definition) is 1. The minimum atomic E-state index is 0.0711. The van der Waals surface area contributed by atoms with Crippen LogP contribution in [0.15, 0.2) is 78.4 Å². The predicted octanol–water partition coefficient (Wildman–Crippen LogP) is 5.42. The quantitative estimate of drug-likeness (QED) is 0.471. The van der Waals surface area contributed by atoms with Gasteiger partial charge in [-0.3, -0.25) is 0 Å². The van der Waals surface area contributed by atoms with Gasteiger partial charge in [0.05, 0.1) is 0 Å². The van der Waals surface area contributed by atoms with Crippen molar-refractivity contribution in [3.63, 3.8) is 0 Å². The first-order valence-electron chi connectivity index (χ1n) is 11.9. The van der Waals surface area contributed by atoms with Crippen LogP contribution in [-0.4, -0.2) is 30.6 Å². The number of fused-ring (bicyclic) bond motifs is 3. The molecule has 0 amide bonds. The maximum atomic E-state index is 6.90. The molecule has 0 aromatic heterocycles. The van der Waals surface area contributed by atoms with Crippen LogP contribution >= 0.6 is 0 Å². The van der Waals surface area contributed by atoms with Crippen LogP contribution in [0.5, 0.6) is 0 Å². The zero-order valence-electron chi connectivity index (χ0n) is 18.5. The molecular weight excluding hydrogens is 388 g/mol. The molecule has 32 heavy (non-hydrogen) atoms. The van der Waals surface area contributed by atoms with Crippen molar-refractivity contribution in [2.75, 3.05) is 19.6 Å². The molecule has 1 fully saturated rings. The Morgan fingerprint density at radius 1 is 0.750 bits per heavy atom. The van der Waals surface area contributed by atoms with E-state index in [1.807, 2.05) is 0 Å². The Labute approximate surface area is 191 Å². The van der Waals surface area contributed by atoms with Gasteiger partial charge in [0.15, 0.2) is 0 Å². The third-order valence-electron chi connectivity index (χ3n) is 7.48. The highest BCUT2D eigenvalue weighted by atomic mass is 15.1.